The summed E-state index contributed by atoms with van der Waals surface area (Å²) in [4.78, 5) is 41.7. The SMILES string of the molecule is CC(C)C[C@H](C(=O)O)N1C(=O)N(Cc2ccccc2)[C@@](C)(c2ccc(C=NN)cc2)C1=O. The minimum Gasteiger partial charge on any atom is -0.480 e. The molecule has 1 heterocycles. The summed E-state index contributed by atoms with van der Waals surface area (Å²) < 4.78 is 0. The fourth-order valence-electron chi connectivity index (χ4n) is 4.05. The number of urea groups is 1. The molecule has 2 aromatic carbocycles. The zero-order chi connectivity index (χ0) is 23.5. The van der Waals surface area contributed by atoms with Crippen LogP contribution in [0.3, 0.4) is 0 Å². The first-order valence-corrected chi connectivity index (χ1v) is 10.5. The topological polar surface area (TPSA) is 116 Å². The lowest BCUT2D eigenvalue weighted by Crippen LogP contribution is -2.47. The number of benzene rings is 2. The molecule has 2 aromatic rings. The summed E-state index contributed by atoms with van der Waals surface area (Å²) in [5, 5.41) is 13.3. The highest BCUT2D eigenvalue weighted by Crippen LogP contribution is 2.40. The molecule has 1 aliphatic rings. The van der Waals surface area contributed by atoms with Gasteiger partial charge in [-0.05, 0) is 36.0 Å². The van der Waals surface area contributed by atoms with Crippen LogP contribution in [0, 0.1) is 5.92 Å². The second-order valence-electron chi connectivity index (χ2n) is 8.49. The quantitative estimate of drug-likeness (QED) is 0.285. The highest BCUT2D eigenvalue weighted by Gasteiger charge is 2.58. The fraction of sp³-hybridized carbons (Fsp3) is 0.333. The van der Waals surface area contributed by atoms with E-state index in [1.807, 2.05) is 44.2 Å². The Balaban J connectivity index is 2.10. The van der Waals surface area contributed by atoms with E-state index >= 15 is 0 Å². The molecule has 1 saturated heterocycles. The second kappa shape index (κ2) is 9.21. The molecule has 0 spiro atoms. The minimum atomic E-state index is -1.37. The van der Waals surface area contributed by atoms with E-state index in [-0.39, 0.29) is 18.9 Å². The Kier molecular flexibility index (Phi) is 6.62. The van der Waals surface area contributed by atoms with Gasteiger partial charge in [-0.1, -0.05) is 68.4 Å². The number of aliphatic carboxylic acids is 1. The van der Waals surface area contributed by atoms with E-state index in [4.69, 9.17) is 5.84 Å². The van der Waals surface area contributed by atoms with E-state index in [0.717, 1.165) is 16.0 Å². The maximum atomic E-state index is 13.7. The van der Waals surface area contributed by atoms with Crippen LogP contribution in [0.15, 0.2) is 59.7 Å². The van der Waals surface area contributed by atoms with Crippen LogP contribution in [0.4, 0.5) is 4.79 Å². The number of nitrogens with two attached hydrogens (primary N) is 1. The minimum absolute atomic E-state index is 0.0130. The molecular weight excluding hydrogens is 408 g/mol. The van der Waals surface area contributed by atoms with Gasteiger partial charge in [-0.3, -0.25) is 4.79 Å². The molecule has 3 amide bonds. The molecule has 32 heavy (non-hydrogen) atoms. The third kappa shape index (κ3) is 4.21. The van der Waals surface area contributed by atoms with Crippen molar-refractivity contribution in [3.8, 4) is 0 Å². The molecule has 2 atom stereocenters. The van der Waals surface area contributed by atoms with Gasteiger partial charge >= 0.3 is 12.0 Å². The predicted octanol–water partition coefficient (Wildman–Crippen LogP) is 3.16. The van der Waals surface area contributed by atoms with Crippen molar-refractivity contribution in [2.75, 3.05) is 0 Å². The van der Waals surface area contributed by atoms with Gasteiger partial charge in [-0.2, -0.15) is 5.10 Å². The van der Waals surface area contributed by atoms with Crippen LogP contribution in [-0.4, -0.2) is 45.1 Å². The van der Waals surface area contributed by atoms with Gasteiger partial charge in [0.1, 0.15) is 11.6 Å². The molecule has 0 aromatic heterocycles. The van der Waals surface area contributed by atoms with E-state index in [2.05, 4.69) is 5.10 Å². The lowest BCUT2D eigenvalue weighted by molar-refractivity contribution is -0.148. The van der Waals surface area contributed by atoms with Crippen molar-refractivity contribution in [2.24, 2.45) is 16.9 Å². The number of hydrazone groups is 1. The Morgan fingerprint density at radius 1 is 1.12 bits per heavy atom. The molecule has 0 aliphatic carbocycles. The third-order valence-corrected chi connectivity index (χ3v) is 5.78. The highest BCUT2D eigenvalue weighted by molar-refractivity contribution is 6.09. The average Bonchev–Trinajstić information content (AvgIpc) is 2.94. The van der Waals surface area contributed by atoms with Crippen LogP contribution >= 0.6 is 0 Å². The van der Waals surface area contributed by atoms with E-state index in [0.29, 0.717) is 5.56 Å². The van der Waals surface area contributed by atoms with Crippen molar-refractivity contribution in [1.82, 2.24) is 9.80 Å². The molecule has 0 bridgehead atoms. The Hall–Kier alpha value is -3.68. The number of imide groups is 1. The maximum Gasteiger partial charge on any atom is 0.329 e. The van der Waals surface area contributed by atoms with Crippen molar-refractivity contribution in [3.63, 3.8) is 0 Å². The average molecular weight is 437 g/mol. The molecule has 8 heteroatoms. The standard InChI is InChI=1S/C24H28N4O4/c1-16(2)13-20(21(29)30)28-22(31)24(3,19-11-9-17(10-12-19)14-26-25)27(23(28)32)15-18-7-5-4-6-8-18/h4-12,14,16,20H,13,15,25H2,1-3H3,(H,29,30)/t20-,24+/m1/s1. The number of hydrogen-bond acceptors (Lipinski definition) is 5. The number of rotatable bonds is 8. The van der Waals surface area contributed by atoms with E-state index in [1.54, 1.807) is 31.2 Å². The summed E-state index contributed by atoms with van der Waals surface area (Å²) >= 11 is 0. The second-order valence-corrected chi connectivity index (χ2v) is 8.49. The molecule has 3 N–H and O–H groups in total. The van der Waals surface area contributed by atoms with Crippen molar-refractivity contribution in [1.29, 1.82) is 0 Å². The smallest absolute Gasteiger partial charge is 0.329 e. The van der Waals surface area contributed by atoms with E-state index in [9.17, 15) is 19.5 Å². The van der Waals surface area contributed by atoms with Crippen molar-refractivity contribution in [2.45, 2.75) is 45.3 Å². The molecule has 0 radical (unpaired) electrons. The molecular formula is C24H28N4O4. The number of carbonyl (C=O) groups is 3. The van der Waals surface area contributed by atoms with Crippen LogP contribution in [0.2, 0.25) is 0 Å². The molecule has 0 saturated carbocycles. The number of nitrogens with zero attached hydrogens (tertiary/aromatic N) is 3. The summed E-state index contributed by atoms with van der Waals surface area (Å²) in [7, 11) is 0. The molecule has 168 valence electrons. The van der Waals surface area contributed by atoms with Gasteiger partial charge in [0.25, 0.3) is 5.91 Å². The summed E-state index contributed by atoms with van der Waals surface area (Å²) in [5.74, 6) is 3.46. The van der Waals surface area contributed by atoms with Gasteiger partial charge < -0.3 is 15.8 Å². The zero-order valence-corrected chi connectivity index (χ0v) is 18.4. The maximum absolute atomic E-state index is 13.7. The largest absolute Gasteiger partial charge is 0.480 e. The Morgan fingerprint density at radius 3 is 2.28 bits per heavy atom. The highest BCUT2D eigenvalue weighted by atomic mass is 16.4. The van der Waals surface area contributed by atoms with Gasteiger partial charge in [-0.25, -0.2) is 14.5 Å². The molecule has 1 aliphatic heterocycles. The molecule has 0 unspecified atom stereocenters. The molecule has 3 rings (SSSR count). The Labute approximate surface area is 187 Å². The summed E-state index contributed by atoms with van der Waals surface area (Å²) in [6, 6.07) is 14.4. The first-order chi connectivity index (χ1) is 15.2. The van der Waals surface area contributed by atoms with Gasteiger partial charge in [0.2, 0.25) is 0 Å². The van der Waals surface area contributed by atoms with Crippen molar-refractivity contribution >= 4 is 24.1 Å². The Morgan fingerprint density at radius 2 is 1.75 bits per heavy atom. The molecule has 8 nitrogen and oxygen atoms in total. The number of carbonyl (C=O) groups excluding carboxylic acids is 2. The lowest BCUT2D eigenvalue weighted by atomic mass is 9.89. The normalized spacial score (nSPS) is 19.9. The monoisotopic (exact) mass is 436 g/mol. The predicted molar refractivity (Wildman–Crippen MR) is 121 cm³/mol. The van der Waals surface area contributed by atoms with Gasteiger partial charge in [0, 0.05) is 6.54 Å². The fourth-order valence-corrected chi connectivity index (χ4v) is 4.05. The first kappa shape index (κ1) is 23.0. The lowest BCUT2D eigenvalue weighted by Gasteiger charge is -2.32. The van der Waals surface area contributed by atoms with Crippen LogP contribution in [0.5, 0.6) is 0 Å². The summed E-state index contributed by atoms with van der Waals surface area (Å²) in [5.41, 5.74) is 0.795. The van der Waals surface area contributed by atoms with Crippen LogP contribution in [0.25, 0.3) is 0 Å². The summed E-state index contributed by atoms with van der Waals surface area (Å²) in [6.45, 7) is 5.55. The van der Waals surface area contributed by atoms with E-state index in [1.165, 1.54) is 11.1 Å². The van der Waals surface area contributed by atoms with Crippen LogP contribution in [-0.2, 0) is 21.7 Å². The van der Waals surface area contributed by atoms with E-state index < -0.39 is 29.5 Å². The number of carboxylic acid groups (broad SMARTS) is 1. The van der Waals surface area contributed by atoms with Crippen molar-refractivity contribution < 1.29 is 19.5 Å². The van der Waals surface area contributed by atoms with Gasteiger partial charge in [0.05, 0.1) is 6.21 Å². The third-order valence-electron chi connectivity index (χ3n) is 5.78. The van der Waals surface area contributed by atoms with Gasteiger partial charge in [0.15, 0.2) is 0 Å². The van der Waals surface area contributed by atoms with Crippen molar-refractivity contribution in [3.05, 3.63) is 71.3 Å². The first-order valence-electron chi connectivity index (χ1n) is 10.5. The van der Waals surface area contributed by atoms with Gasteiger partial charge in [-0.15, -0.1) is 0 Å². The van der Waals surface area contributed by atoms with Crippen LogP contribution < -0.4 is 5.84 Å². The number of carboxylic acids is 1. The number of hydrogen-bond donors (Lipinski definition) is 2. The zero-order valence-electron chi connectivity index (χ0n) is 18.4. The summed E-state index contributed by atoms with van der Waals surface area (Å²) in [6.07, 6.45) is 1.65. The number of amides is 3. The molecule has 1 fully saturated rings. The van der Waals surface area contributed by atoms with Crippen LogP contribution in [0.1, 0.15) is 43.9 Å². The Bertz CT molecular complexity index is 1020.